The van der Waals surface area contributed by atoms with Gasteiger partial charge in [-0.2, -0.15) is 9.50 Å². The summed E-state index contributed by atoms with van der Waals surface area (Å²) in [4.78, 5) is 30.3. The van der Waals surface area contributed by atoms with Crippen molar-refractivity contribution in [1.29, 1.82) is 0 Å². The van der Waals surface area contributed by atoms with E-state index < -0.39 is 0 Å². The van der Waals surface area contributed by atoms with Crippen LogP contribution in [0.5, 0.6) is 5.75 Å². The second-order valence-corrected chi connectivity index (χ2v) is 7.75. The van der Waals surface area contributed by atoms with Crippen LogP contribution in [0.25, 0.3) is 17.2 Å². The number of hydrogen-bond donors (Lipinski definition) is 1. The molecule has 0 saturated heterocycles. The molecule has 0 aliphatic heterocycles. The first-order valence-corrected chi connectivity index (χ1v) is 11.0. The third-order valence-electron chi connectivity index (χ3n) is 5.70. The molecule has 0 aliphatic rings. The van der Waals surface area contributed by atoms with E-state index in [-0.39, 0.29) is 17.9 Å². The SMILES string of the molecule is CCn1c(C)c(CCC(=O)NCc2cccc(OC)c2)c(=O)n2nc(-c3ccccc3)nc12. The van der Waals surface area contributed by atoms with Crippen molar-refractivity contribution in [2.24, 2.45) is 0 Å². The molecule has 2 heterocycles. The van der Waals surface area contributed by atoms with E-state index in [9.17, 15) is 9.59 Å². The van der Waals surface area contributed by atoms with Gasteiger partial charge >= 0.3 is 0 Å². The van der Waals surface area contributed by atoms with Crippen LogP contribution in [0.15, 0.2) is 59.4 Å². The lowest BCUT2D eigenvalue weighted by atomic mass is 10.1. The fourth-order valence-corrected chi connectivity index (χ4v) is 3.90. The van der Waals surface area contributed by atoms with Gasteiger partial charge in [0.25, 0.3) is 5.56 Å². The average Bonchev–Trinajstić information content (AvgIpc) is 3.29. The third-order valence-corrected chi connectivity index (χ3v) is 5.70. The van der Waals surface area contributed by atoms with E-state index in [1.165, 1.54) is 4.52 Å². The van der Waals surface area contributed by atoms with Crippen LogP contribution in [0.2, 0.25) is 0 Å². The lowest BCUT2D eigenvalue weighted by Gasteiger charge is -2.13. The summed E-state index contributed by atoms with van der Waals surface area (Å²) in [6.45, 7) is 4.93. The number of nitrogens with zero attached hydrogens (tertiary/aromatic N) is 4. The number of ether oxygens (including phenoxy) is 1. The van der Waals surface area contributed by atoms with Crippen LogP contribution in [-0.4, -0.2) is 32.2 Å². The Morgan fingerprint density at radius 3 is 2.64 bits per heavy atom. The van der Waals surface area contributed by atoms with Crippen molar-refractivity contribution in [1.82, 2.24) is 24.5 Å². The Balaban J connectivity index is 1.54. The largest absolute Gasteiger partial charge is 0.497 e. The number of carbonyl (C=O) groups excluding carboxylic acids is 1. The summed E-state index contributed by atoms with van der Waals surface area (Å²) in [5.74, 6) is 1.63. The first-order chi connectivity index (χ1) is 16.0. The number of amides is 1. The van der Waals surface area contributed by atoms with Gasteiger partial charge in [0.05, 0.1) is 7.11 Å². The monoisotopic (exact) mass is 445 g/mol. The van der Waals surface area contributed by atoms with Gasteiger partial charge < -0.3 is 14.6 Å². The minimum Gasteiger partial charge on any atom is -0.497 e. The van der Waals surface area contributed by atoms with Gasteiger partial charge in [0.2, 0.25) is 11.7 Å². The molecule has 0 spiro atoms. The van der Waals surface area contributed by atoms with Crippen molar-refractivity contribution in [3.8, 4) is 17.1 Å². The Morgan fingerprint density at radius 1 is 1.12 bits per heavy atom. The van der Waals surface area contributed by atoms with Crippen LogP contribution < -0.4 is 15.6 Å². The molecule has 33 heavy (non-hydrogen) atoms. The minimum atomic E-state index is -0.234. The molecular weight excluding hydrogens is 418 g/mol. The molecule has 2 aromatic carbocycles. The second kappa shape index (κ2) is 9.68. The number of methoxy groups -OCH3 is 1. The number of aromatic nitrogens is 4. The van der Waals surface area contributed by atoms with Crippen molar-refractivity contribution >= 4 is 11.7 Å². The van der Waals surface area contributed by atoms with E-state index >= 15 is 0 Å². The van der Waals surface area contributed by atoms with Crippen molar-refractivity contribution in [3.05, 3.63) is 81.8 Å². The summed E-state index contributed by atoms with van der Waals surface area (Å²) in [6, 6.07) is 17.1. The van der Waals surface area contributed by atoms with Gasteiger partial charge in [-0.3, -0.25) is 9.59 Å². The molecule has 4 rings (SSSR count). The van der Waals surface area contributed by atoms with Gasteiger partial charge in [0, 0.05) is 36.3 Å². The lowest BCUT2D eigenvalue weighted by Crippen LogP contribution is -2.28. The molecule has 2 aromatic heterocycles. The van der Waals surface area contributed by atoms with Crippen LogP contribution in [0, 0.1) is 6.92 Å². The van der Waals surface area contributed by atoms with Gasteiger partial charge in [-0.05, 0) is 38.0 Å². The molecule has 0 saturated carbocycles. The van der Waals surface area contributed by atoms with Crippen molar-refractivity contribution < 1.29 is 9.53 Å². The normalized spacial score (nSPS) is 11.0. The highest BCUT2D eigenvalue weighted by molar-refractivity contribution is 5.76. The number of rotatable bonds is 8. The van der Waals surface area contributed by atoms with Crippen LogP contribution in [0.1, 0.15) is 30.2 Å². The van der Waals surface area contributed by atoms with E-state index in [2.05, 4.69) is 15.4 Å². The molecule has 0 bridgehead atoms. The fourth-order valence-electron chi connectivity index (χ4n) is 3.90. The zero-order valence-corrected chi connectivity index (χ0v) is 19.0. The Hall–Kier alpha value is -3.94. The predicted molar refractivity (Wildman–Crippen MR) is 126 cm³/mol. The molecule has 8 nitrogen and oxygen atoms in total. The number of aryl methyl sites for hydroxylation is 1. The standard InChI is InChI=1S/C25H27N5O3/c1-4-29-17(2)21(13-14-22(31)26-16-18-9-8-12-20(15-18)33-3)24(32)30-25(29)27-23(28-30)19-10-6-5-7-11-19/h5-12,15H,4,13-14,16H2,1-3H3,(H,26,31). The Labute approximate surface area is 191 Å². The van der Waals surface area contributed by atoms with Crippen molar-refractivity contribution in [2.75, 3.05) is 7.11 Å². The summed E-state index contributed by atoms with van der Waals surface area (Å²) in [5, 5.41) is 7.38. The first-order valence-electron chi connectivity index (χ1n) is 11.0. The van der Waals surface area contributed by atoms with E-state index in [1.807, 2.05) is 73.0 Å². The average molecular weight is 446 g/mol. The number of benzene rings is 2. The summed E-state index contributed by atoms with van der Waals surface area (Å²) in [6.07, 6.45) is 0.528. The molecule has 4 aromatic rings. The third kappa shape index (κ3) is 4.64. The molecule has 0 aliphatic carbocycles. The summed E-state index contributed by atoms with van der Waals surface area (Å²) in [5.41, 5.74) is 2.94. The van der Waals surface area contributed by atoms with Crippen LogP contribution >= 0.6 is 0 Å². The van der Waals surface area contributed by atoms with E-state index in [0.717, 1.165) is 22.6 Å². The highest BCUT2D eigenvalue weighted by Gasteiger charge is 2.18. The van der Waals surface area contributed by atoms with Gasteiger partial charge in [0.1, 0.15) is 5.75 Å². The van der Waals surface area contributed by atoms with Crippen LogP contribution in [0.3, 0.4) is 0 Å². The van der Waals surface area contributed by atoms with Crippen molar-refractivity contribution in [2.45, 2.75) is 39.8 Å². The predicted octanol–water partition coefficient (Wildman–Crippen LogP) is 3.14. The summed E-state index contributed by atoms with van der Waals surface area (Å²) in [7, 11) is 1.61. The smallest absolute Gasteiger partial charge is 0.279 e. The highest BCUT2D eigenvalue weighted by atomic mass is 16.5. The Bertz CT molecular complexity index is 1340. The zero-order chi connectivity index (χ0) is 23.4. The van der Waals surface area contributed by atoms with E-state index in [0.29, 0.717) is 36.7 Å². The van der Waals surface area contributed by atoms with Gasteiger partial charge in [-0.15, -0.1) is 5.10 Å². The molecule has 1 N–H and O–H groups in total. The van der Waals surface area contributed by atoms with E-state index in [1.54, 1.807) is 7.11 Å². The van der Waals surface area contributed by atoms with Crippen LogP contribution in [-0.2, 0) is 24.3 Å². The number of nitrogens with one attached hydrogen (secondary N) is 1. The quantitative estimate of drug-likeness (QED) is 0.450. The Kier molecular flexibility index (Phi) is 6.53. The highest BCUT2D eigenvalue weighted by Crippen LogP contribution is 2.17. The molecule has 8 heteroatoms. The maximum absolute atomic E-state index is 13.2. The molecule has 1 amide bonds. The van der Waals surface area contributed by atoms with Gasteiger partial charge in [0.15, 0.2) is 5.82 Å². The first kappa shape index (κ1) is 22.3. The number of hydrogen-bond acceptors (Lipinski definition) is 5. The molecule has 170 valence electrons. The van der Waals surface area contributed by atoms with Crippen molar-refractivity contribution in [3.63, 3.8) is 0 Å². The van der Waals surface area contributed by atoms with Crippen LogP contribution in [0.4, 0.5) is 0 Å². The van der Waals surface area contributed by atoms with Gasteiger partial charge in [-0.1, -0.05) is 42.5 Å². The number of carbonyl (C=O) groups is 1. The topological polar surface area (TPSA) is 90.5 Å². The number of fused-ring (bicyclic) bond motifs is 1. The second-order valence-electron chi connectivity index (χ2n) is 7.75. The lowest BCUT2D eigenvalue weighted by molar-refractivity contribution is -0.121. The zero-order valence-electron chi connectivity index (χ0n) is 19.0. The maximum Gasteiger partial charge on any atom is 0.279 e. The molecule has 0 radical (unpaired) electrons. The summed E-state index contributed by atoms with van der Waals surface area (Å²) < 4.78 is 8.53. The van der Waals surface area contributed by atoms with Gasteiger partial charge in [-0.25, -0.2) is 0 Å². The minimum absolute atomic E-state index is 0.122. The molecule has 0 fully saturated rings. The molecule has 0 atom stereocenters. The fraction of sp³-hybridized carbons (Fsp3) is 0.280. The van der Waals surface area contributed by atoms with E-state index in [4.69, 9.17) is 4.74 Å². The Morgan fingerprint density at radius 2 is 1.91 bits per heavy atom. The maximum atomic E-state index is 13.2. The summed E-state index contributed by atoms with van der Waals surface area (Å²) >= 11 is 0. The molecular formula is C25H27N5O3. The molecule has 0 unspecified atom stereocenters.